The first-order valence-corrected chi connectivity index (χ1v) is 6.15. The molecule has 1 rings (SSSR count). The molecule has 0 heterocycles. The van der Waals surface area contributed by atoms with Crippen LogP contribution >= 0.6 is 15.9 Å². The van der Waals surface area contributed by atoms with E-state index in [1.54, 1.807) is 12.1 Å². The third-order valence-corrected chi connectivity index (χ3v) is 2.91. The second-order valence-electron chi connectivity index (χ2n) is 3.76. The number of nitrogens with zero attached hydrogens (tertiary/aromatic N) is 1. The summed E-state index contributed by atoms with van der Waals surface area (Å²) in [7, 11) is 1.39. The van der Waals surface area contributed by atoms with E-state index in [1.165, 1.54) is 13.2 Å². The Balaban J connectivity index is 2.76. The Bertz CT molecular complexity index is 480. The molecule has 0 saturated carbocycles. The number of nitrogens with one attached hydrogen (secondary N) is 1. The Morgan fingerprint density at radius 1 is 1.63 bits per heavy atom. The summed E-state index contributed by atoms with van der Waals surface area (Å²) in [5.74, 6) is -0.987. The van der Waals surface area contributed by atoms with Gasteiger partial charge in [-0.25, -0.2) is 0 Å². The van der Waals surface area contributed by atoms with Crippen LogP contribution in [0.5, 0.6) is 0 Å². The van der Waals surface area contributed by atoms with E-state index in [0.717, 1.165) is 0 Å². The van der Waals surface area contributed by atoms with E-state index in [1.807, 2.05) is 0 Å². The minimum atomic E-state index is -0.987. The van der Waals surface area contributed by atoms with E-state index in [2.05, 4.69) is 21.2 Å². The number of benzene rings is 1. The molecular weight excluding hydrogens is 320 g/mol. The molecule has 19 heavy (non-hydrogen) atoms. The van der Waals surface area contributed by atoms with Gasteiger partial charge in [-0.15, -0.1) is 0 Å². The van der Waals surface area contributed by atoms with E-state index in [-0.39, 0.29) is 18.7 Å². The molecule has 1 aromatic carbocycles. The van der Waals surface area contributed by atoms with Crippen LogP contribution in [0.2, 0.25) is 0 Å². The Hall–Kier alpha value is -1.67. The fourth-order valence-corrected chi connectivity index (χ4v) is 1.81. The number of halogens is 1. The molecule has 1 atom stereocenters. The Labute approximate surface area is 117 Å². The lowest BCUT2D eigenvalue weighted by Crippen LogP contribution is -2.25. The molecule has 7 nitrogen and oxygen atoms in total. The topological polar surface area (TPSA) is 102 Å². The summed E-state index contributed by atoms with van der Waals surface area (Å²) in [6.07, 6.45) is -0.728. The van der Waals surface area contributed by atoms with Crippen LogP contribution in [0.3, 0.4) is 0 Å². The summed E-state index contributed by atoms with van der Waals surface area (Å²) in [5.41, 5.74) is 0.236. The lowest BCUT2D eigenvalue weighted by molar-refractivity contribution is -0.384. The molecule has 0 aliphatic carbocycles. The van der Waals surface area contributed by atoms with Crippen LogP contribution in [0.15, 0.2) is 22.7 Å². The van der Waals surface area contributed by atoms with Gasteiger partial charge in [-0.1, -0.05) is 15.9 Å². The van der Waals surface area contributed by atoms with Crippen molar-refractivity contribution < 1.29 is 19.6 Å². The average Bonchev–Trinajstić information content (AvgIpc) is 2.34. The maximum absolute atomic E-state index is 10.9. The number of carboxylic acids is 1. The van der Waals surface area contributed by atoms with Gasteiger partial charge in [0.25, 0.3) is 5.69 Å². The molecule has 0 amide bonds. The van der Waals surface area contributed by atoms with Gasteiger partial charge in [-0.05, 0) is 12.1 Å². The molecule has 0 aliphatic heterocycles. The summed E-state index contributed by atoms with van der Waals surface area (Å²) in [5, 5.41) is 22.4. The maximum atomic E-state index is 10.9. The van der Waals surface area contributed by atoms with Gasteiger partial charge >= 0.3 is 5.97 Å². The number of carbonyl (C=O) groups is 1. The summed E-state index contributed by atoms with van der Waals surface area (Å²) >= 11 is 3.16. The normalized spacial score (nSPS) is 11.9. The lowest BCUT2D eigenvalue weighted by atomic mass is 10.2. The largest absolute Gasteiger partial charge is 0.481 e. The molecule has 0 aromatic heterocycles. The standard InChI is InChI=1S/C11H13BrN2O5/c1-19-8(5-11(15)16)6-13-9-3-2-7(12)4-10(9)14(17)18/h2-4,8,13H,5-6H2,1H3,(H,15,16). The minimum absolute atomic E-state index is 0.0837. The third kappa shape index (κ3) is 4.84. The van der Waals surface area contributed by atoms with Gasteiger partial charge in [0.05, 0.1) is 17.4 Å². The zero-order valence-electron chi connectivity index (χ0n) is 10.1. The molecule has 1 unspecified atom stereocenters. The van der Waals surface area contributed by atoms with Gasteiger partial charge in [0.15, 0.2) is 0 Å². The fraction of sp³-hybridized carbons (Fsp3) is 0.364. The highest BCUT2D eigenvalue weighted by molar-refractivity contribution is 9.10. The number of rotatable bonds is 7. The second-order valence-corrected chi connectivity index (χ2v) is 4.67. The molecule has 0 saturated heterocycles. The monoisotopic (exact) mass is 332 g/mol. The fourth-order valence-electron chi connectivity index (χ4n) is 1.46. The molecule has 8 heteroatoms. The number of ether oxygens (including phenoxy) is 1. The van der Waals surface area contributed by atoms with Crippen molar-refractivity contribution in [3.05, 3.63) is 32.8 Å². The third-order valence-electron chi connectivity index (χ3n) is 2.41. The summed E-state index contributed by atoms with van der Waals surface area (Å²) < 4.78 is 5.58. The Morgan fingerprint density at radius 2 is 2.32 bits per heavy atom. The van der Waals surface area contributed by atoms with E-state index in [4.69, 9.17) is 9.84 Å². The first-order valence-electron chi connectivity index (χ1n) is 5.36. The SMILES string of the molecule is COC(CNc1ccc(Br)cc1[N+](=O)[O-])CC(=O)O. The maximum Gasteiger partial charge on any atom is 0.306 e. The number of nitro benzene ring substituents is 1. The zero-order valence-corrected chi connectivity index (χ0v) is 11.7. The van der Waals surface area contributed by atoms with Crippen LogP contribution in [0.1, 0.15) is 6.42 Å². The van der Waals surface area contributed by atoms with Crippen LogP contribution in [0.25, 0.3) is 0 Å². The molecular formula is C11H13BrN2O5. The first kappa shape index (κ1) is 15.4. The number of methoxy groups -OCH3 is 1. The summed E-state index contributed by atoms with van der Waals surface area (Å²) in [6.45, 7) is 0.172. The number of carboxylic acid groups (broad SMARTS) is 1. The quantitative estimate of drug-likeness (QED) is 0.586. The van der Waals surface area contributed by atoms with Gasteiger partial charge in [0, 0.05) is 24.2 Å². The number of hydrogen-bond acceptors (Lipinski definition) is 5. The van der Waals surface area contributed by atoms with Crippen molar-refractivity contribution >= 4 is 33.3 Å². The molecule has 0 aliphatic rings. The van der Waals surface area contributed by atoms with Gasteiger partial charge in [-0.2, -0.15) is 0 Å². The second kappa shape index (κ2) is 7.05. The minimum Gasteiger partial charge on any atom is -0.481 e. The zero-order chi connectivity index (χ0) is 14.4. The molecule has 0 fully saturated rings. The Kier molecular flexibility index (Phi) is 5.71. The van der Waals surface area contributed by atoms with Gasteiger partial charge in [0.2, 0.25) is 0 Å². The molecule has 1 aromatic rings. The van der Waals surface area contributed by atoms with E-state index >= 15 is 0 Å². The average molecular weight is 333 g/mol. The number of anilines is 1. The van der Waals surface area contributed by atoms with Crippen molar-refractivity contribution in [2.45, 2.75) is 12.5 Å². The van der Waals surface area contributed by atoms with Crippen LogP contribution in [-0.2, 0) is 9.53 Å². The predicted octanol–water partition coefficient (Wildman–Crippen LogP) is 2.26. The Morgan fingerprint density at radius 3 is 2.84 bits per heavy atom. The van der Waals surface area contributed by atoms with Gasteiger partial charge < -0.3 is 15.2 Å². The van der Waals surface area contributed by atoms with Crippen molar-refractivity contribution in [3.8, 4) is 0 Å². The van der Waals surface area contributed by atoms with E-state index in [0.29, 0.717) is 10.2 Å². The number of hydrogen-bond donors (Lipinski definition) is 2. The number of nitro groups is 1. The van der Waals surface area contributed by atoms with Crippen LogP contribution < -0.4 is 5.32 Å². The van der Waals surface area contributed by atoms with Crippen LogP contribution in [0, 0.1) is 10.1 Å². The van der Waals surface area contributed by atoms with E-state index in [9.17, 15) is 14.9 Å². The lowest BCUT2D eigenvalue weighted by Gasteiger charge is -2.14. The summed E-state index contributed by atoms with van der Waals surface area (Å²) in [6, 6.07) is 4.59. The van der Waals surface area contributed by atoms with Crippen molar-refractivity contribution in [1.82, 2.24) is 0 Å². The van der Waals surface area contributed by atoms with Crippen LogP contribution in [0.4, 0.5) is 11.4 Å². The van der Waals surface area contributed by atoms with Crippen molar-refractivity contribution in [2.75, 3.05) is 19.0 Å². The molecule has 0 radical (unpaired) electrons. The highest BCUT2D eigenvalue weighted by atomic mass is 79.9. The molecule has 0 spiro atoms. The van der Waals surface area contributed by atoms with Crippen molar-refractivity contribution in [2.24, 2.45) is 0 Å². The van der Waals surface area contributed by atoms with Crippen molar-refractivity contribution in [3.63, 3.8) is 0 Å². The molecule has 2 N–H and O–H groups in total. The van der Waals surface area contributed by atoms with Crippen LogP contribution in [-0.4, -0.2) is 35.8 Å². The summed E-state index contributed by atoms with van der Waals surface area (Å²) in [4.78, 5) is 21.0. The highest BCUT2D eigenvalue weighted by Crippen LogP contribution is 2.27. The van der Waals surface area contributed by atoms with Gasteiger partial charge in [0.1, 0.15) is 5.69 Å². The van der Waals surface area contributed by atoms with Gasteiger partial charge in [-0.3, -0.25) is 14.9 Å². The first-order chi connectivity index (χ1) is 8.93. The number of aliphatic carboxylic acids is 1. The molecule has 104 valence electrons. The van der Waals surface area contributed by atoms with E-state index < -0.39 is 17.0 Å². The highest BCUT2D eigenvalue weighted by Gasteiger charge is 2.17. The smallest absolute Gasteiger partial charge is 0.306 e. The molecule has 0 bridgehead atoms. The van der Waals surface area contributed by atoms with Crippen molar-refractivity contribution in [1.29, 1.82) is 0 Å². The predicted molar refractivity (Wildman–Crippen MR) is 72.3 cm³/mol.